The third-order valence-electron chi connectivity index (χ3n) is 5.52. The molecule has 1 aromatic carbocycles. The van der Waals surface area contributed by atoms with E-state index in [9.17, 15) is 0 Å². The first kappa shape index (κ1) is 17.9. The maximum Gasteiger partial charge on any atom is 0.199 e. The van der Waals surface area contributed by atoms with E-state index < -0.39 is 0 Å². The van der Waals surface area contributed by atoms with Gasteiger partial charge in [-0.15, -0.1) is 0 Å². The first-order valence-electron chi connectivity index (χ1n) is 9.83. The van der Waals surface area contributed by atoms with Gasteiger partial charge in [-0.05, 0) is 30.6 Å². The van der Waals surface area contributed by atoms with Crippen molar-refractivity contribution in [2.75, 3.05) is 26.3 Å². The van der Waals surface area contributed by atoms with Gasteiger partial charge in [-0.3, -0.25) is 4.90 Å². The summed E-state index contributed by atoms with van der Waals surface area (Å²) in [5, 5.41) is 4.97. The van der Waals surface area contributed by atoms with Gasteiger partial charge in [-0.25, -0.2) is 4.68 Å². The van der Waals surface area contributed by atoms with E-state index in [0.29, 0.717) is 6.04 Å². The third kappa shape index (κ3) is 4.08. The van der Waals surface area contributed by atoms with E-state index in [1.54, 1.807) is 0 Å². The Labute approximate surface area is 160 Å². The standard InChI is InChI=1S/C20H28N4OS/c26-20-23(16-22-11-13-25-14-12-22)21-19(15-17-7-3-1-4-8-17)24(20)18-9-5-2-6-10-18/h1,3-4,7-8,18H,2,5-6,9-16H2. The van der Waals surface area contributed by atoms with Crippen LogP contribution in [0.2, 0.25) is 0 Å². The minimum atomic E-state index is 0.508. The van der Waals surface area contributed by atoms with E-state index in [1.165, 1.54) is 37.7 Å². The lowest BCUT2D eigenvalue weighted by atomic mass is 9.95. The van der Waals surface area contributed by atoms with Crippen molar-refractivity contribution in [3.05, 3.63) is 46.5 Å². The molecule has 26 heavy (non-hydrogen) atoms. The Kier molecular flexibility index (Phi) is 5.82. The molecule has 1 aliphatic carbocycles. The van der Waals surface area contributed by atoms with E-state index >= 15 is 0 Å². The molecular weight excluding hydrogens is 344 g/mol. The van der Waals surface area contributed by atoms with E-state index in [1.807, 2.05) is 4.68 Å². The van der Waals surface area contributed by atoms with Gasteiger partial charge in [0.2, 0.25) is 0 Å². The lowest BCUT2D eigenvalue weighted by Crippen LogP contribution is -2.37. The van der Waals surface area contributed by atoms with Crippen LogP contribution in [-0.4, -0.2) is 45.6 Å². The lowest BCUT2D eigenvalue weighted by molar-refractivity contribution is 0.0208. The highest BCUT2D eigenvalue weighted by molar-refractivity contribution is 7.71. The van der Waals surface area contributed by atoms with Crippen molar-refractivity contribution >= 4 is 12.2 Å². The Morgan fingerprint density at radius 2 is 1.77 bits per heavy atom. The molecule has 0 unspecified atom stereocenters. The Balaban J connectivity index is 1.63. The van der Waals surface area contributed by atoms with Gasteiger partial charge in [-0.2, -0.15) is 5.10 Å². The van der Waals surface area contributed by atoms with Crippen molar-refractivity contribution in [2.24, 2.45) is 0 Å². The average Bonchev–Trinajstić information content (AvgIpc) is 2.99. The third-order valence-corrected chi connectivity index (χ3v) is 5.93. The minimum absolute atomic E-state index is 0.508. The highest BCUT2D eigenvalue weighted by Crippen LogP contribution is 2.30. The molecule has 1 aliphatic heterocycles. The summed E-state index contributed by atoms with van der Waals surface area (Å²) < 4.78 is 10.8. The monoisotopic (exact) mass is 372 g/mol. The van der Waals surface area contributed by atoms with E-state index in [-0.39, 0.29) is 0 Å². The maximum absolute atomic E-state index is 5.88. The molecule has 2 fully saturated rings. The van der Waals surface area contributed by atoms with Crippen LogP contribution in [0.1, 0.15) is 49.5 Å². The Morgan fingerprint density at radius 1 is 1.04 bits per heavy atom. The molecule has 1 saturated heterocycles. The molecule has 0 N–H and O–H groups in total. The molecule has 2 aliphatic rings. The van der Waals surface area contributed by atoms with E-state index in [4.69, 9.17) is 22.1 Å². The zero-order chi connectivity index (χ0) is 17.8. The van der Waals surface area contributed by atoms with Crippen LogP contribution in [-0.2, 0) is 17.8 Å². The molecule has 2 heterocycles. The Morgan fingerprint density at radius 3 is 2.50 bits per heavy atom. The fourth-order valence-corrected chi connectivity index (χ4v) is 4.45. The van der Waals surface area contributed by atoms with Crippen LogP contribution in [0.25, 0.3) is 0 Å². The van der Waals surface area contributed by atoms with Crippen molar-refractivity contribution in [3.63, 3.8) is 0 Å². The number of benzene rings is 1. The Bertz CT molecular complexity index is 758. The first-order chi connectivity index (χ1) is 12.8. The summed E-state index contributed by atoms with van der Waals surface area (Å²) in [6.07, 6.45) is 7.23. The zero-order valence-electron chi connectivity index (χ0n) is 15.3. The first-order valence-corrected chi connectivity index (χ1v) is 10.2. The molecule has 6 heteroatoms. The van der Waals surface area contributed by atoms with Crippen LogP contribution in [0.15, 0.2) is 30.3 Å². The molecule has 4 rings (SSSR count). The number of morpholine rings is 1. The molecular formula is C20H28N4OS. The van der Waals surface area contributed by atoms with Crippen LogP contribution >= 0.6 is 12.2 Å². The van der Waals surface area contributed by atoms with Crippen LogP contribution < -0.4 is 0 Å². The second-order valence-electron chi connectivity index (χ2n) is 7.39. The fraction of sp³-hybridized carbons (Fsp3) is 0.600. The number of nitrogens with zero attached hydrogens (tertiary/aromatic N) is 4. The number of aromatic nitrogens is 3. The smallest absolute Gasteiger partial charge is 0.199 e. The molecule has 1 aromatic heterocycles. The fourth-order valence-electron chi connectivity index (χ4n) is 4.09. The molecule has 1 saturated carbocycles. The van der Waals surface area contributed by atoms with Gasteiger partial charge in [0.15, 0.2) is 4.77 Å². The second-order valence-corrected chi connectivity index (χ2v) is 7.76. The van der Waals surface area contributed by atoms with Gasteiger partial charge in [0.1, 0.15) is 5.82 Å². The molecule has 0 atom stereocenters. The van der Waals surface area contributed by atoms with Gasteiger partial charge in [0, 0.05) is 25.6 Å². The molecule has 0 amide bonds. The Hall–Kier alpha value is -1.50. The minimum Gasteiger partial charge on any atom is -0.379 e. The summed E-state index contributed by atoms with van der Waals surface area (Å²) in [6, 6.07) is 11.1. The number of hydrogen-bond donors (Lipinski definition) is 0. The van der Waals surface area contributed by atoms with E-state index in [2.05, 4.69) is 39.8 Å². The molecule has 0 radical (unpaired) electrons. The molecule has 0 spiro atoms. The maximum atomic E-state index is 5.88. The SMILES string of the molecule is S=c1n(CN2CCOCC2)nc(Cc2ccccc2)n1C1CCCCC1. The number of rotatable bonds is 5. The van der Waals surface area contributed by atoms with Crippen LogP contribution in [0.4, 0.5) is 0 Å². The van der Waals surface area contributed by atoms with Gasteiger partial charge < -0.3 is 9.30 Å². The van der Waals surface area contributed by atoms with Crippen LogP contribution in [0.5, 0.6) is 0 Å². The summed E-state index contributed by atoms with van der Waals surface area (Å²) in [4.78, 5) is 2.38. The molecule has 0 bridgehead atoms. The lowest BCUT2D eigenvalue weighted by Gasteiger charge is -2.26. The zero-order valence-corrected chi connectivity index (χ0v) is 16.2. The van der Waals surface area contributed by atoms with Crippen LogP contribution in [0, 0.1) is 4.77 Å². The number of hydrogen-bond acceptors (Lipinski definition) is 4. The predicted octanol–water partition coefficient (Wildman–Crippen LogP) is 3.80. The summed E-state index contributed by atoms with van der Waals surface area (Å²) in [5.74, 6) is 1.11. The van der Waals surface area contributed by atoms with Gasteiger partial charge in [-0.1, -0.05) is 49.6 Å². The van der Waals surface area contributed by atoms with Crippen LogP contribution in [0.3, 0.4) is 0 Å². The molecule has 140 valence electrons. The summed E-state index contributed by atoms with van der Waals surface area (Å²) in [5.41, 5.74) is 1.29. The molecule has 2 aromatic rings. The largest absolute Gasteiger partial charge is 0.379 e. The normalized spacial score (nSPS) is 19.7. The quantitative estimate of drug-likeness (QED) is 0.748. The average molecular weight is 373 g/mol. The predicted molar refractivity (Wildman–Crippen MR) is 105 cm³/mol. The second kappa shape index (κ2) is 8.46. The summed E-state index contributed by atoms with van der Waals surface area (Å²) in [6.45, 7) is 4.27. The van der Waals surface area contributed by atoms with Crippen molar-refractivity contribution in [1.82, 2.24) is 19.2 Å². The van der Waals surface area contributed by atoms with Crippen molar-refractivity contribution in [3.8, 4) is 0 Å². The van der Waals surface area contributed by atoms with Gasteiger partial charge in [0.25, 0.3) is 0 Å². The highest BCUT2D eigenvalue weighted by Gasteiger charge is 2.22. The van der Waals surface area contributed by atoms with Gasteiger partial charge >= 0.3 is 0 Å². The number of ether oxygens (including phenoxy) is 1. The summed E-state index contributed by atoms with van der Waals surface area (Å²) >= 11 is 5.88. The van der Waals surface area contributed by atoms with Crippen molar-refractivity contribution < 1.29 is 4.74 Å². The molecule has 5 nitrogen and oxygen atoms in total. The summed E-state index contributed by atoms with van der Waals surface area (Å²) in [7, 11) is 0. The van der Waals surface area contributed by atoms with Crippen molar-refractivity contribution in [1.29, 1.82) is 0 Å². The van der Waals surface area contributed by atoms with Crippen molar-refractivity contribution in [2.45, 2.75) is 51.2 Å². The highest BCUT2D eigenvalue weighted by atomic mass is 32.1. The van der Waals surface area contributed by atoms with Gasteiger partial charge in [0.05, 0.1) is 19.9 Å². The van der Waals surface area contributed by atoms with E-state index in [0.717, 1.165) is 50.0 Å². The topological polar surface area (TPSA) is 35.2 Å².